The Hall–Kier alpha value is -2.27. The number of carbonyl (C=O) groups excluding carboxylic acids is 1. The molecule has 1 aromatic carbocycles. The van der Waals surface area contributed by atoms with Gasteiger partial charge in [0.2, 0.25) is 0 Å². The van der Waals surface area contributed by atoms with E-state index in [0.29, 0.717) is 6.04 Å². The van der Waals surface area contributed by atoms with Crippen LogP contribution in [0.15, 0.2) is 42.7 Å². The summed E-state index contributed by atoms with van der Waals surface area (Å²) >= 11 is 0. The van der Waals surface area contributed by atoms with Gasteiger partial charge in [-0.3, -0.25) is 4.57 Å². The molecule has 1 amide bonds. The maximum atomic E-state index is 12.4. The summed E-state index contributed by atoms with van der Waals surface area (Å²) in [5.41, 5.74) is 2.09. The Morgan fingerprint density at radius 2 is 2.04 bits per heavy atom. The molecule has 5 heteroatoms. The van der Waals surface area contributed by atoms with Crippen LogP contribution in [0.25, 0.3) is 11.1 Å². The molecule has 2 aromatic rings. The van der Waals surface area contributed by atoms with Crippen LogP contribution in [-0.4, -0.2) is 36.3 Å². The number of fused-ring (bicyclic) bond motifs is 2. The number of nitrogens with one attached hydrogen (secondary N) is 2. The minimum Gasteiger partial charge on any atom is -0.497 e. The number of benzene rings is 1. The van der Waals surface area contributed by atoms with E-state index in [9.17, 15) is 4.79 Å². The second-order valence-electron chi connectivity index (χ2n) is 6.44. The van der Waals surface area contributed by atoms with Gasteiger partial charge in [0.1, 0.15) is 5.75 Å². The van der Waals surface area contributed by atoms with E-state index in [1.54, 1.807) is 11.7 Å². The number of rotatable bonds is 3. The molecule has 23 heavy (non-hydrogen) atoms. The fourth-order valence-corrected chi connectivity index (χ4v) is 3.72. The Morgan fingerprint density at radius 3 is 2.70 bits per heavy atom. The fraction of sp³-hybridized carbons (Fsp3) is 0.389. The molecule has 3 atom stereocenters. The topological polar surface area (TPSA) is 55.3 Å². The third kappa shape index (κ3) is 2.72. The Morgan fingerprint density at radius 1 is 1.22 bits per heavy atom. The van der Waals surface area contributed by atoms with Gasteiger partial charge >= 0.3 is 6.03 Å². The van der Waals surface area contributed by atoms with Crippen LogP contribution >= 0.6 is 0 Å². The van der Waals surface area contributed by atoms with Crippen LogP contribution in [0.1, 0.15) is 12.8 Å². The summed E-state index contributed by atoms with van der Waals surface area (Å²) in [6.45, 7) is 1.10. The molecule has 2 N–H and O–H groups in total. The normalized spacial score (nSPS) is 25.5. The number of amides is 1. The number of piperidine rings is 1. The van der Waals surface area contributed by atoms with Crippen LogP contribution in [0, 0.1) is 5.92 Å². The maximum absolute atomic E-state index is 12.4. The van der Waals surface area contributed by atoms with E-state index in [1.165, 1.54) is 6.42 Å². The van der Waals surface area contributed by atoms with Crippen molar-refractivity contribution < 1.29 is 9.53 Å². The van der Waals surface area contributed by atoms with E-state index in [4.69, 9.17) is 4.74 Å². The van der Waals surface area contributed by atoms with Crippen molar-refractivity contribution in [3.8, 4) is 16.9 Å². The van der Waals surface area contributed by atoms with Crippen LogP contribution in [0.4, 0.5) is 4.79 Å². The molecule has 0 radical (unpaired) electrons. The van der Waals surface area contributed by atoms with E-state index >= 15 is 0 Å². The average Bonchev–Trinajstić information content (AvgIpc) is 3.31. The Labute approximate surface area is 135 Å². The SMILES string of the molecule is COc1ccc(-c2ccn(C(=O)NC3CC4CNC3C4)c2)cc1. The van der Waals surface area contributed by atoms with Crippen LogP contribution in [0.2, 0.25) is 0 Å². The smallest absolute Gasteiger partial charge is 0.325 e. The number of ether oxygens (including phenoxy) is 1. The van der Waals surface area contributed by atoms with Gasteiger partial charge in [-0.05, 0) is 54.6 Å². The molecular weight excluding hydrogens is 290 g/mol. The van der Waals surface area contributed by atoms with Gasteiger partial charge < -0.3 is 15.4 Å². The lowest BCUT2D eigenvalue weighted by Crippen LogP contribution is -2.48. The number of hydrogen-bond acceptors (Lipinski definition) is 3. The molecule has 2 fully saturated rings. The highest BCUT2D eigenvalue weighted by molar-refractivity contribution is 5.79. The summed E-state index contributed by atoms with van der Waals surface area (Å²) < 4.78 is 6.80. The van der Waals surface area contributed by atoms with Crippen molar-refractivity contribution in [3.63, 3.8) is 0 Å². The third-order valence-corrected chi connectivity index (χ3v) is 4.99. The second-order valence-corrected chi connectivity index (χ2v) is 6.44. The zero-order chi connectivity index (χ0) is 15.8. The predicted octanol–water partition coefficient (Wildman–Crippen LogP) is 2.47. The Bertz CT molecular complexity index is 707. The molecule has 2 bridgehead atoms. The fourth-order valence-electron chi connectivity index (χ4n) is 3.72. The van der Waals surface area contributed by atoms with Gasteiger partial charge in [-0.25, -0.2) is 4.79 Å². The average molecular weight is 311 g/mol. The Kier molecular flexibility index (Phi) is 3.58. The van der Waals surface area contributed by atoms with Gasteiger partial charge in [0.15, 0.2) is 0 Å². The lowest BCUT2D eigenvalue weighted by Gasteiger charge is -2.23. The van der Waals surface area contributed by atoms with E-state index in [2.05, 4.69) is 10.6 Å². The number of methoxy groups -OCH3 is 1. The number of carbonyl (C=O) groups is 1. The molecule has 1 aromatic heterocycles. The number of aromatic nitrogens is 1. The first-order chi connectivity index (χ1) is 11.2. The standard InChI is InChI=1S/C18H21N3O2/c1-23-15-4-2-13(3-5-15)14-6-7-21(11-14)18(22)20-17-9-12-8-16(17)19-10-12/h2-7,11-12,16-17,19H,8-10H2,1H3,(H,20,22). The van der Waals surface area contributed by atoms with E-state index in [0.717, 1.165) is 35.8 Å². The molecular formula is C18H21N3O2. The summed E-state index contributed by atoms with van der Waals surface area (Å²) in [5, 5.41) is 6.62. The summed E-state index contributed by atoms with van der Waals surface area (Å²) in [7, 11) is 1.65. The second kappa shape index (κ2) is 5.74. The monoisotopic (exact) mass is 311 g/mol. The van der Waals surface area contributed by atoms with Gasteiger partial charge in [0.25, 0.3) is 0 Å². The molecule has 4 rings (SSSR count). The Balaban J connectivity index is 1.45. The van der Waals surface area contributed by atoms with Gasteiger partial charge in [-0.2, -0.15) is 0 Å². The first-order valence-electron chi connectivity index (χ1n) is 8.09. The molecule has 1 saturated heterocycles. The quantitative estimate of drug-likeness (QED) is 0.915. The lowest BCUT2D eigenvalue weighted by molar-refractivity contribution is 0.234. The molecule has 120 valence electrons. The van der Waals surface area contributed by atoms with Crippen molar-refractivity contribution in [1.29, 1.82) is 0 Å². The summed E-state index contributed by atoms with van der Waals surface area (Å²) in [5.74, 6) is 1.56. The van der Waals surface area contributed by atoms with E-state index in [1.807, 2.05) is 42.7 Å². The van der Waals surface area contributed by atoms with Gasteiger partial charge in [0.05, 0.1) is 7.11 Å². The first-order valence-corrected chi connectivity index (χ1v) is 8.09. The van der Waals surface area contributed by atoms with Crippen LogP contribution in [0.3, 0.4) is 0 Å². The molecule has 3 unspecified atom stereocenters. The summed E-state index contributed by atoms with van der Waals surface area (Å²) in [6.07, 6.45) is 5.97. The van der Waals surface area contributed by atoms with Crippen molar-refractivity contribution >= 4 is 6.03 Å². The van der Waals surface area contributed by atoms with Crippen molar-refractivity contribution in [2.45, 2.75) is 24.9 Å². The molecule has 5 nitrogen and oxygen atoms in total. The highest BCUT2D eigenvalue weighted by Gasteiger charge is 2.40. The molecule has 1 aliphatic heterocycles. The number of hydrogen-bond donors (Lipinski definition) is 2. The zero-order valence-corrected chi connectivity index (χ0v) is 13.2. The van der Waals surface area contributed by atoms with Gasteiger partial charge in [0, 0.05) is 24.5 Å². The summed E-state index contributed by atoms with van der Waals surface area (Å²) in [4.78, 5) is 12.4. The zero-order valence-electron chi connectivity index (χ0n) is 13.2. The van der Waals surface area contributed by atoms with Crippen LogP contribution in [-0.2, 0) is 0 Å². The van der Waals surface area contributed by atoms with Crippen molar-refractivity contribution in [3.05, 3.63) is 42.7 Å². The third-order valence-electron chi connectivity index (χ3n) is 4.99. The highest BCUT2D eigenvalue weighted by Crippen LogP contribution is 2.31. The predicted molar refractivity (Wildman–Crippen MR) is 88.7 cm³/mol. The van der Waals surface area contributed by atoms with Gasteiger partial charge in [-0.15, -0.1) is 0 Å². The molecule has 1 saturated carbocycles. The van der Waals surface area contributed by atoms with Crippen molar-refractivity contribution in [1.82, 2.24) is 15.2 Å². The summed E-state index contributed by atoms with van der Waals surface area (Å²) in [6, 6.07) is 10.5. The van der Waals surface area contributed by atoms with E-state index in [-0.39, 0.29) is 12.1 Å². The maximum Gasteiger partial charge on any atom is 0.325 e. The minimum absolute atomic E-state index is 0.0517. The molecule has 0 spiro atoms. The number of nitrogens with zero attached hydrogens (tertiary/aromatic N) is 1. The molecule has 1 aliphatic carbocycles. The minimum atomic E-state index is -0.0517. The first kappa shape index (κ1) is 14.3. The molecule has 2 aliphatic rings. The highest BCUT2D eigenvalue weighted by atomic mass is 16.5. The van der Waals surface area contributed by atoms with Crippen molar-refractivity contribution in [2.75, 3.05) is 13.7 Å². The van der Waals surface area contributed by atoms with E-state index < -0.39 is 0 Å². The lowest BCUT2D eigenvalue weighted by atomic mass is 10.1. The molecule has 2 heterocycles. The largest absolute Gasteiger partial charge is 0.497 e. The van der Waals surface area contributed by atoms with Crippen LogP contribution in [0.5, 0.6) is 5.75 Å². The van der Waals surface area contributed by atoms with Gasteiger partial charge in [-0.1, -0.05) is 12.1 Å². The van der Waals surface area contributed by atoms with Crippen molar-refractivity contribution in [2.24, 2.45) is 5.92 Å². The van der Waals surface area contributed by atoms with Crippen LogP contribution < -0.4 is 15.4 Å².